The molecule has 0 amide bonds. The molecule has 1 aromatic heterocycles. The minimum Gasteiger partial charge on any atom is -0.476 e. The fraction of sp³-hybridized carbons (Fsp3) is 0.571. The predicted molar refractivity (Wildman–Crippen MR) is 37.4 cm³/mol. The van der Waals surface area contributed by atoms with Crippen LogP contribution < -0.4 is 4.74 Å². The first-order valence-electron chi connectivity index (χ1n) is 3.63. The van der Waals surface area contributed by atoms with E-state index in [-0.39, 0.29) is 18.1 Å². The summed E-state index contributed by atoms with van der Waals surface area (Å²) in [6.07, 6.45) is -4.51. The highest BCUT2D eigenvalue weighted by Crippen LogP contribution is 2.35. The van der Waals surface area contributed by atoms with Gasteiger partial charge in [0, 0.05) is 0 Å². The highest BCUT2D eigenvalue weighted by Gasteiger charge is 2.39. The summed E-state index contributed by atoms with van der Waals surface area (Å²) < 4.78 is 45.3. The van der Waals surface area contributed by atoms with Crippen LogP contribution >= 0.6 is 0 Å². The maximum absolute atomic E-state index is 12.1. The molecule has 3 nitrogen and oxygen atoms in total. The van der Waals surface area contributed by atoms with Gasteiger partial charge in [0.15, 0.2) is 0 Å². The fourth-order valence-electron chi connectivity index (χ4n) is 0.857. The zero-order chi connectivity index (χ0) is 10.1. The molecule has 0 radical (unpaired) electrons. The molecular formula is C7H8F3NO2. The second-order valence-corrected chi connectivity index (χ2v) is 2.37. The number of nitrogens with zero attached hydrogens (tertiary/aromatic N) is 1. The molecule has 0 spiro atoms. The van der Waals surface area contributed by atoms with Crippen LogP contribution in [0.1, 0.15) is 18.2 Å². The van der Waals surface area contributed by atoms with E-state index in [2.05, 4.69) is 9.68 Å². The minimum absolute atomic E-state index is 0.102. The Morgan fingerprint density at radius 3 is 2.46 bits per heavy atom. The van der Waals surface area contributed by atoms with Crippen LogP contribution in [-0.2, 0) is 6.18 Å². The molecule has 0 atom stereocenters. The van der Waals surface area contributed by atoms with Crippen molar-refractivity contribution in [2.45, 2.75) is 20.0 Å². The number of halogens is 3. The topological polar surface area (TPSA) is 35.3 Å². The van der Waals surface area contributed by atoms with Crippen LogP contribution in [0.2, 0.25) is 0 Å². The highest BCUT2D eigenvalue weighted by molar-refractivity contribution is 5.28. The molecule has 13 heavy (non-hydrogen) atoms. The van der Waals surface area contributed by atoms with Gasteiger partial charge < -0.3 is 9.26 Å². The van der Waals surface area contributed by atoms with Gasteiger partial charge in [-0.25, -0.2) is 0 Å². The van der Waals surface area contributed by atoms with Gasteiger partial charge in [-0.2, -0.15) is 13.2 Å². The number of rotatable bonds is 2. The van der Waals surface area contributed by atoms with Gasteiger partial charge in [0.05, 0.1) is 12.2 Å². The third-order valence-electron chi connectivity index (χ3n) is 1.42. The molecule has 0 aliphatic heterocycles. The summed E-state index contributed by atoms with van der Waals surface area (Å²) in [6.45, 7) is 3.16. The van der Waals surface area contributed by atoms with Gasteiger partial charge in [-0.1, -0.05) is 0 Å². The lowest BCUT2D eigenvalue weighted by atomic mass is 10.3. The molecule has 0 aromatic carbocycles. The van der Waals surface area contributed by atoms with Crippen molar-refractivity contribution < 1.29 is 22.4 Å². The van der Waals surface area contributed by atoms with Crippen molar-refractivity contribution in [3.05, 3.63) is 11.3 Å². The third-order valence-corrected chi connectivity index (χ3v) is 1.42. The Kier molecular flexibility index (Phi) is 2.49. The normalized spacial score (nSPS) is 11.8. The SMILES string of the molecule is CCOc1noc(C(F)(F)F)c1C. The average Bonchev–Trinajstić information content (AvgIpc) is 2.32. The Morgan fingerprint density at radius 2 is 2.08 bits per heavy atom. The van der Waals surface area contributed by atoms with E-state index in [0.717, 1.165) is 0 Å². The number of alkyl halides is 3. The first-order chi connectivity index (χ1) is 5.96. The van der Waals surface area contributed by atoms with Crippen LogP contribution in [0, 0.1) is 6.92 Å². The van der Waals surface area contributed by atoms with Gasteiger partial charge in [0.25, 0.3) is 5.88 Å². The maximum Gasteiger partial charge on any atom is 0.452 e. The van der Waals surface area contributed by atoms with Gasteiger partial charge in [-0.05, 0) is 19.0 Å². The van der Waals surface area contributed by atoms with Crippen molar-refractivity contribution in [1.29, 1.82) is 0 Å². The van der Waals surface area contributed by atoms with Crippen molar-refractivity contribution in [1.82, 2.24) is 5.16 Å². The Morgan fingerprint density at radius 1 is 1.46 bits per heavy atom. The van der Waals surface area contributed by atoms with Crippen molar-refractivity contribution in [2.24, 2.45) is 0 Å². The molecule has 0 bridgehead atoms. The highest BCUT2D eigenvalue weighted by atomic mass is 19.4. The van der Waals surface area contributed by atoms with Crippen LogP contribution in [0.15, 0.2) is 4.52 Å². The minimum atomic E-state index is -4.51. The molecule has 0 aliphatic rings. The van der Waals surface area contributed by atoms with Gasteiger partial charge in [-0.15, -0.1) is 0 Å². The van der Waals surface area contributed by atoms with Crippen LogP contribution in [0.4, 0.5) is 13.2 Å². The summed E-state index contributed by atoms with van der Waals surface area (Å²) in [6, 6.07) is 0. The van der Waals surface area contributed by atoms with Crippen LogP contribution in [0.3, 0.4) is 0 Å². The molecule has 0 saturated heterocycles. The van der Waals surface area contributed by atoms with Crippen molar-refractivity contribution in [3.63, 3.8) is 0 Å². The maximum atomic E-state index is 12.1. The van der Waals surface area contributed by atoms with E-state index in [1.165, 1.54) is 6.92 Å². The molecule has 74 valence electrons. The summed E-state index contributed by atoms with van der Waals surface area (Å²) >= 11 is 0. The van der Waals surface area contributed by atoms with Crippen molar-refractivity contribution >= 4 is 0 Å². The second-order valence-electron chi connectivity index (χ2n) is 2.37. The van der Waals surface area contributed by atoms with Gasteiger partial charge in [0.2, 0.25) is 5.76 Å². The molecule has 6 heteroatoms. The molecule has 1 rings (SSSR count). The zero-order valence-electron chi connectivity index (χ0n) is 7.10. The Bertz CT molecular complexity index is 292. The van der Waals surface area contributed by atoms with Gasteiger partial charge in [0.1, 0.15) is 0 Å². The van der Waals surface area contributed by atoms with E-state index in [1.807, 2.05) is 0 Å². The molecule has 1 heterocycles. The summed E-state index contributed by atoms with van der Waals surface area (Å²) in [7, 11) is 0. The number of hydrogen-bond acceptors (Lipinski definition) is 3. The number of ether oxygens (including phenoxy) is 1. The lowest BCUT2D eigenvalue weighted by Gasteiger charge is -2.01. The smallest absolute Gasteiger partial charge is 0.452 e. The summed E-state index contributed by atoms with van der Waals surface area (Å²) in [5.74, 6) is -1.20. The Hall–Kier alpha value is -1.20. The molecule has 0 N–H and O–H groups in total. The third kappa shape index (κ3) is 1.93. The molecule has 1 aromatic rings. The molecule has 0 saturated carbocycles. The number of hydrogen-bond donors (Lipinski definition) is 0. The molecule has 0 unspecified atom stereocenters. The van der Waals surface area contributed by atoms with E-state index in [1.54, 1.807) is 6.92 Å². The average molecular weight is 195 g/mol. The standard InChI is InChI=1S/C7H8F3NO2/c1-3-12-6-4(2)5(13-11-6)7(8,9)10/h3H2,1-2H3. The van der Waals surface area contributed by atoms with Crippen LogP contribution in [0.25, 0.3) is 0 Å². The summed E-state index contributed by atoms with van der Waals surface area (Å²) in [5.41, 5.74) is -0.116. The monoisotopic (exact) mass is 195 g/mol. The Balaban J connectivity index is 2.99. The van der Waals surface area contributed by atoms with E-state index < -0.39 is 11.9 Å². The summed E-state index contributed by atoms with van der Waals surface area (Å²) in [5, 5.41) is 3.15. The largest absolute Gasteiger partial charge is 0.476 e. The summed E-state index contributed by atoms with van der Waals surface area (Å²) in [4.78, 5) is 0. The number of aromatic nitrogens is 1. The fourth-order valence-corrected chi connectivity index (χ4v) is 0.857. The van der Waals surface area contributed by atoms with E-state index in [0.29, 0.717) is 0 Å². The molecular weight excluding hydrogens is 187 g/mol. The molecule has 0 aliphatic carbocycles. The quantitative estimate of drug-likeness (QED) is 0.726. The van der Waals surface area contributed by atoms with Crippen molar-refractivity contribution in [3.8, 4) is 5.88 Å². The lowest BCUT2D eigenvalue weighted by Crippen LogP contribution is -2.05. The van der Waals surface area contributed by atoms with E-state index >= 15 is 0 Å². The van der Waals surface area contributed by atoms with Crippen LogP contribution in [0.5, 0.6) is 5.88 Å². The van der Waals surface area contributed by atoms with E-state index in [4.69, 9.17) is 4.74 Å². The predicted octanol–water partition coefficient (Wildman–Crippen LogP) is 2.40. The Labute approximate surface area is 72.5 Å². The van der Waals surface area contributed by atoms with Crippen LogP contribution in [-0.4, -0.2) is 11.8 Å². The lowest BCUT2D eigenvalue weighted by molar-refractivity contribution is -0.156. The van der Waals surface area contributed by atoms with E-state index in [9.17, 15) is 13.2 Å². The first kappa shape index (κ1) is 9.88. The molecule has 0 fully saturated rings. The van der Waals surface area contributed by atoms with Crippen molar-refractivity contribution in [2.75, 3.05) is 6.61 Å². The van der Waals surface area contributed by atoms with Gasteiger partial charge >= 0.3 is 6.18 Å². The zero-order valence-corrected chi connectivity index (χ0v) is 7.10. The first-order valence-corrected chi connectivity index (χ1v) is 3.63. The van der Waals surface area contributed by atoms with Gasteiger partial charge in [-0.3, -0.25) is 0 Å². The second kappa shape index (κ2) is 3.27.